The molecule has 0 N–H and O–H groups in total. The van der Waals surface area contributed by atoms with Gasteiger partial charge in [0.05, 0.1) is 0 Å². The topological polar surface area (TPSA) is 9.72 Å². The minimum Gasteiger partial charge on any atom is -0.301 e. The fourth-order valence-corrected chi connectivity index (χ4v) is 5.81. The summed E-state index contributed by atoms with van der Waals surface area (Å²) < 4.78 is 0. The van der Waals surface area contributed by atoms with Gasteiger partial charge in [-0.3, -0.25) is 9.80 Å². The highest BCUT2D eigenvalue weighted by Crippen LogP contribution is 2.35. The van der Waals surface area contributed by atoms with Crippen molar-refractivity contribution in [3.8, 4) is 0 Å². The van der Waals surface area contributed by atoms with Crippen LogP contribution in [0.25, 0.3) is 0 Å². The van der Waals surface area contributed by atoms with Crippen LogP contribution in [0, 0.1) is 11.8 Å². The number of piperidine rings is 1. The van der Waals surface area contributed by atoms with Crippen molar-refractivity contribution in [2.75, 3.05) is 26.2 Å². The van der Waals surface area contributed by atoms with Gasteiger partial charge in [-0.05, 0) is 91.6 Å². The van der Waals surface area contributed by atoms with E-state index in [-0.39, 0.29) is 0 Å². The standard InChI is InChI=1S/C22H43N3/c1-16(2)23-11-9-20(10-12-23)18(5)7-8-19(6)25-15-21-13-22(25)14-24(21)17(3)4/h16-22H,7-15H2,1-6H3/t18?,19?,21-,22-/m0/s1. The molecule has 3 heterocycles. The number of rotatable bonds is 7. The summed E-state index contributed by atoms with van der Waals surface area (Å²) in [4.78, 5) is 8.24. The Morgan fingerprint density at radius 1 is 0.760 bits per heavy atom. The Bertz CT molecular complexity index is 413. The molecule has 0 aromatic carbocycles. The lowest BCUT2D eigenvalue weighted by Crippen LogP contribution is -2.51. The minimum absolute atomic E-state index is 0.726. The monoisotopic (exact) mass is 349 g/mol. The summed E-state index contributed by atoms with van der Waals surface area (Å²) in [7, 11) is 0. The Hall–Kier alpha value is -0.120. The molecule has 0 spiro atoms. The van der Waals surface area contributed by atoms with Crippen LogP contribution in [0.1, 0.15) is 73.6 Å². The Morgan fingerprint density at radius 3 is 1.88 bits per heavy atom. The van der Waals surface area contributed by atoms with E-state index in [0.29, 0.717) is 0 Å². The Balaban J connectivity index is 1.39. The summed E-state index contributed by atoms with van der Waals surface area (Å²) in [6.07, 6.45) is 7.09. The van der Waals surface area contributed by atoms with Gasteiger partial charge in [0.15, 0.2) is 0 Å². The van der Waals surface area contributed by atoms with E-state index in [1.165, 1.54) is 58.3 Å². The molecule has 0 aliphatic carbocycles. The fourth-order valence-electron chi connectivity index (χ4n) is 5.81. The number of fused-ring (bicyclic) bond motifs is 2. The highest BCUT2D eigenvalue weighted by atomic mass is 15.4. The molecule has 2 bridgehead atoms. The summed E-state index contributed by atoms with van der Waals surface area (Å²) in [5.74, 6) is 1.87. The smallest absolute Gasteiger partial charge is 0.0242 e. The molecule has 3 rings (SSSR count). The average Bonchev–Trinajstić information content (AvgIpc) is 3.20. The van der Waals surface area contributed by atoms with E-state index >= 15 is 0 Å². The Kier molecular flexibility index (Phi) is 6.50. The lowest BCUT2D eigenvalue weighted by molar-refractivity contribution is 0.0711. The minimum atomic E-state index is 0.726. The van der Waals surface area contributed by atoms with Crippen LogP contribution >= 0.6 is 0 Å². The average molecular weight is 350 g/mol. The van der Waals surface area contributed by atoms with Crippen molar-refractivity contribution in [3.63, 3.8) is 0 Å². The van der Waals surface area contributed by atoms with Gasteiger partial charge in [0.1, 0.15) is 0 Å². The molecule has 0 aromatic heterocycles. The molecule has 3 saturated heterocycles. The fraction of sp³-hybridized carbons (Fsp3) is 1.00. The normalized spacial score (nSPS) is 32.2. The Morgan fingerprint density at radius 2 is 1.36 bits per heavy atom. The second-order valence-corrected chi connectivity index (χ2v) is 9.90. The first-order valence-electron chi connectivity index (χ1n) is 11.1. The van der Waals surface area contributed by atoms with Crippen LogP contribution in [0.2, 0.25) is 0 Å². The van der Waals surface area contributed by atoms with Crippen molar-refractivity contribution in [2.45, 2.75) is 104 Å². The highest BCUT2D eigenvalue weighted by Gasteiger charge is 2.45. The maximum absolute atomic E-state index is 2.84. The number of likely N-dealkylation sites (tertiary alicyclic amines) is 3. The zero-order valence-electron chi connectivity index (χ0n) is 17.7. The third-order valence-electron chi connectivity index (χ3n) is 7.70. The van der Waals surface area contributed by atoms with Crippen LogP contribution in [0.4, 0.5) is 0 Å². The molecular weight excluding hydrogens is 306 g/mol. The van der Waals surface area contributed by atoms with Crippen LogP contribution in [0.3, 0.4) is 0 Å². The molecule has 25 heavy (non-hydrogen) atoms. The van der Waals surface area contributed by atoms with Crippen molar-refractivity contribution in [3.05, 3.63) is 0 Å². The van der Waals surface area contributed by atoms with E-state index < -0.39 is 0 Å². The molecule has 3 heteroatoms. The number of hydrogen-bond donors (Lipinski definition) is 0. The molecule has 4 atom stereocenters. The summed E-state index contributed by atoms with van der Waals surface area (Å²) >= 11 is 0. The number of piperazine rings is 1. The molecular formula is C22H43N3. The number of hydrogen-bond acceptors (Lipinski definition) is 3. The van der Waals surface area contributed by atoms with Crippen LogP contribution in [0.15, 0.2) is 0 Å². The quantitative estimate of drug-likeness (QED) is 0.686. The van der Waals surface area contributed by atoms with Gasteiger partial charge in [-0.15, -0.1) is 0 Å². The maximum Gasteiger partial charge on any atom is 0.0242 e. The molecule has 3 aliphatic heterocycles. The molecule has 0 aromatic rings. The number of nitrogens with zero attached hydrogens (tertiary/aromatic N) is 3. The first-order valence-corrected chi connectivity index (χ1v) is 11.1. The van der Waals surface area contributed by atoms with E-state index in [1.54, 1.807) is 0 Å². The molecule has 0 saturated carbocycles. The van der Waals surface area contributed by atoms with Crippen molar-refractivity contribution in [1.29, 1.82) is 0 Å². The van der Waals surface area contributed by atoms with E-state index in [0.717, 1.165) is 42.0 Å². The summed E-state index contributed by atoms with van der Waals surface area (Å²) in [6.45, 7) is 19.7. The predicted octanol–water partition coefficient (Wildman–Crippen LogP) is 4.08. The molecule has 146 valence electrons. The molecule has 0 radical (unpaired) electrons. The van der Waals surface area contributed by atoms with Gasteiger partial charge in [0.2, 0.25) is 0 Å². The first-order chi connectivity index (χ1) is 11.9. The second kappa shape index (κ2) is 8.27. The van der Waals surface area contributed by atoms with E-state index in [1.807, 2.05) is 0 Å². The molecule has 2 unspecified atom stereocenters. The zero-order valence-corrected chi connectivity index (χ0v) is 17.7. The van der Waals surface area contributed by atoms with Crippen LogP contribution < -0.4 is 0 Å². The van der Waals surface area contributed by atoms with Crippen molar-refractivity contribution in [2.24, 2.45) is 11.8 Å². The van der Waals surface area contributed by atoms with Crippen LogP contribution in [-0.4, -0.2) is 71.1 Å². The van der Waals surface area contributed by atoms with Crippen LogP contribution in [-0.2, 0) is 0 Å². The SMILES string of the molecule is CC(CCC(C)N1C[C@@H]2C[C@H]1CN2C(C)C)C1CCN(C(C)C)CC1. The van der Waals surface area contributed by atoms with E-state index in [2.05, 4.69) is 56.2 Å². The van der Waals surface area contributed by atoms with Gasteiger partial charge in [-0.1, -0.05) is 6.92 Å². The second-order valence-electron chi connectivity index (χ2n) is 9.90. The van der Waals surface area contributed by atoms with Gasteiger partial charge >= 0.3 is 0 Å². The third-order valence-corrected chi connectivity index (χ3v) is 7.70. The summed E-state index contributed by atoms with van der Waals surface area (Å²) in [5.41, 5.74) is 0. The molecule has 3 aliphatic rings. The predicted molar refractivity (Wildman–Crippen MR) is 108 cm³/mol. The lowest BCUT2D eigenvalue weighted by atomic mass is 9.82. The third kappa shape index (κ3) is 4.42. The van der Waals surface area contributed by atoms with Gasteiger partial charge < -0.3 is 4.90 Å². The first kappa shape index (κ1) is 19.6. The lowest BCUT2D eigenvalue weighted by Gasteiger charge is -2.40. The maximum atomic E-state index is 2.84. The van der Waals surface area contributed by atoms with Crippen molar-refractivity contribution < 1.29 is 0 Å². The van der Waals surface area contributed by atoms with E-state index in [9.17, 15) is 0 Å². The molecule has 0 amide bonds. The molecule has 3 nitrogen and oxygen atoms in total. The van der Waals surface area contributed by atoms with Crippen molar-refractivity contribution in [1.82, 2.24) is 14.7 Å². The molecule has 3 fully saturated rings. The Labute approximate surface area is 157 Å². The summed E-state index contributed by atoms with van der Waals surface area (Å²) in [6, 6.07) is 3.91. The van der Waals surface area contributed by atoms with Gasteiger partial charge in [-0.25, -0.2) is 0 Å². The highest BCUT2D eigenvalue weighted by molar-refractivity contribution is 5.02. The van der Waals surface area contributed by atoms with Crippen molar-refractivity contribution >= 4 is 0 Å². The van der Waals surface area contributed by atoms with Gasteiger partial charge in [0, 0.05) is 43.3 Å². The zero-order chi connectivity index (χ0) is 18.1. The van der Waals surface area contributed by atoms with Gasteiger partial charge in [-0.2, -0.15) is 0 Å². The largest absolute Gasteiger partial charge is 0.301 e. The van der Waals surface area contributed by atoms with Gasteiger partial charge in [0.25, 0.3) is 0 Å². The van der Waals surface area contributed by atoms with Crippen LogP contribution in [0.5, 0.6) is 0 Å². The summed E-state index contributed by atoms with van der Waals surface area (Å²) in [5, 5.41) is 0. The van der Waals surface area contributed by atoms with E-state index in [4.69, 9.17) is 0 Å².